The molecule has 0 aliphatic carbocycles. The third kappa shape index (κ3) is 8.21. The van der Waals surface area contributed by atoms with Crippen molar-refractivity contribution in [3.63, 3.8) is 0 Å². The van der Waals surface area contributed by atoms with Crippen LogP contribution in [0.2, 0.25) is 0 Å². The first kappa shape index (κ1) is 37.0. The molecular formula is C36H37N7O9. The van der Waals surface area contributed by atoms with E-state index in [2.05, 4.69) is 20.3 Å². The first-order valence-corrected chi connectivity index (χ1v) is 16.1. The molecule has 2 heterocycles. The van der Waals surface area contributed by atoms with Crippen LogP contribution in [0.3, 0.4) is 0 Å². The molecule has 1 aliphatic rings. The Morgan fingerprint density at radius 2 is 1.54 bits per heavy atom. The quantitative estimate of drug-likeness (QED) is 0.0594. The number of ether oxygens (including phenoxy) is 5. The smallest absolute Gasteiger partial charge is 0.351 e. The maximum atomic E-state index is 13.2. The number of carbonyl (C=O) groups is 3. The van der Waals surface area contributed by atoms with E-state index in [0.29, 0.717) is 22.6 Å². The number of primary amides is 1. The molecule has 3 N–H and O–H groups in total. The van der Waals surface area contributed by atoms with E-state index in [4.69, 9.17) is 29.4 Å². The molecule has 3 unspecified atom stereocenters. The van der Waals surface area contributed by atoms with Crippen molar-refractivity contribution in [3.05, 3.63) is 129 Å². The highest BCUT2D eigenvalue weighted by atomic mass is 16.6. The summed E-state index contributed by atoms with van der Waals surface area (Å²) in [7, 11) is 3.12. The molecule has 270 valence electrons. The van der Waals surface area contributed by atoms with Crippen molar-refractivity contribution in [2.45, 2.75) is 49.8 Å². The third-order valence-corrected chi connectivity index (χ3v) is 8.38. The summed E-state index contributed by atoms with van der Waals surface area (Å²) in [6.07, 6.45) is -3.10. The van der Waals surface area contributed by atoms with Crippen molar-refractivity contribution in [3.8, 4) is 11.5 Å². The second kappa shape index (κ2) is 16.7. The number of aromatic nitrogens is 2. The zero-order valence-corrected chi connectivity index (χ0v) is 28.6. The molecule has 0 saturated carbocycles. The second-order valence-electron chi connectivity index (χ2n) is 11.7. The van der Waals surface area contributed by atoms with Crippen molar-refractivity contribution in [2.75, 3.05) is 26.1 Å². The van der Waals surface area contributed by atoms with Crippen LogP contribution in [-0.4, -0.2) is 66.4 Å². The van der Waals surface area contributed by atoms with E-state index in [9.17, 15) is 24.7 Å². The number of esters is 1. The molecule has 4 aromatic rings. The molecule has 0 radical (unpaired) electrons. The third-order valence-electron chi connectivity index (χ3n) is 8.38. The Morgan fingerprint density at radius 3 is 2.06 bits per heavy atom. The van der Waals surface area contributed by atoms with Gasteiger partial charge in [-0.15, -0.1) is 0 Å². The standard InChI is InChI=1S/C36H37N7O9/c1-22(44)39-30-19-20-43(35(47)40-30)34-32(41-42-38)33(52-31(46)18-17-29(37)45)28(51-34)21-50-36(23-7-5-4-6-8-23,24-9-13-26(48-2)14-10-24)25-11-15-27(49-3)16-12-25/h4-16,19-20,28,32-34H,17-18,21H2,1-3H3,(H2,37,45)(H,39,40,44,47)/t28-,32?,33?,34?/m1/s1. The minimum Gasteiger partial charge on any atom is -0.497 e. The van der Waals surface area contributed by atoms with E-state index in [1.807, 2.05) is 54.6 Å². The summed E-state index contributed by atoms with van der Waals surface area (Å²) in [4.78, 5) is 56.1. The number of amides is 2. The lowest BCUT2D eigenvalue weighted by Gasteiger charge is -2.37. The minimum absolute atomic E-state index is 0.00646. The average Bonchev–Trinajstić information content (AvgIpc) is 3.47. The molecule has 2 amide bonds. The van der Waals surface area contributed by atoms with Crippen LogP contribution < -0.4 is 26.2 Å². The first-order valence-electron chi connectivity index (χ1n) is 16.1. The highest BCUT2D eigenvalue weighted by molar-refractivity contribution is 5.87. The number of hydrogen-bond donors (Lipinski definition) is 2. The number of nitrogens with zero attached hydrogens (tertiary/aromatic N) is 5. The van der Waals surface area contributed by atoms with Gasteiger partial charge in [0.25, 0.3) is 0 Å². The SMILES string of the molecule is COc1ccc(C(OC[C@H]2OC(n3ccc(NC(C)=O)nc3=O)C(N=[N+]=[N-])C2OC(=O)CCC(N)=O)(c2ccccc2)c2ccc(OC)cc2)cc1. The summed E-state index contributed by atoms with van der Waals surface area (Å²) < 4.78 is 31.1. The molecule has 52 heavy (non-hydrogen) atoms. The molecule has 1 aliphatic heterocycles. The van der Waals surface area contributed by atoms with Gasteiger partial charge in [-0.25, -0.2) is 4.79 Å². The molecule has 4 atom stereocenters. The van der Waals surface area contributed by atoms with E-state index in [0.717, 1.165) is 10.1 Å². The van der Waals surface area contributed by atoms with Gasteiger partial charge >= 0.3 is 11.7 Å². The lowest BCUT2D eigenvalue weighted by molar-refractivity contribution is -0.157. The minimum atomic E-state index is -1.32. The van der Waals surface area contributed by atoms with Gasteiger partial charge in [0.05, 0.1) is 27.2 Å². The number of nitrogens with one attached hydrogen (secondary N) is 1. The number of nitrogens with two attached hydrogens (primary N) is 1. The lowest BCUT2D eigenvalue weighted by atomic mass is 9.80. The molecule has 1 fully saturated rings. The second-order valence-corrected chi connectivity index (χ2v) is 11.7. The summed E-state index contributed by atoms with van der Waals surface area (Å²) in [5.74, 6) is -0.746. The Kier molecular flexibility index (Phi) is 11.9. The number of methoxy groups -OCH3 is 2. The van der Waals surface area contributed by atoms with Gasteiger partial charge in [0.2, 0.25) is 11.8 Å². The summed E-state index contributed by atoms with van der Waals surface area (Å²) in [6, 6.07) is 24.1. The van der Waals surface area contributed by atoms with Gasteiger partial charge in [-0.05, 0) is 52.6 Å². The molecule has 0 spiro atoms. The molecule has 16 nitrogen and oxygen atoms in total. The van der Waals surface area contributed by atoms with Crippen LogP contribution in [0.4, 0.5) is 5.82 Å². The van der Waals surface area contributed by atoms with Crippen LogP contribution in [-0.2, 0) is 34.2 Å². The summed E-state index contributed by atoms with van der Waals surface area (Å²) in [5.41, 5.74) is 14.9. The molecule has 1 saturated heterocycles. The molecule has 0 bridgehead atoms. The van der Waals surface area contributed by atoms with E-state index >= 15 is 0 Å². The Hall–Kier alpha value is -6.22. The van der Waals surface area contributed by atoms with Crippen LogP contribution in [0.1, 0.15) is 42.7 Å². The van der Waals surface area contributed by atoms with Gasteiger partial charge in [-0.2, -0.15) is 4.98 Å². The van der Waals surface area contributed by atoms with Crippen molar-refractivity contribution < 1.29 is 38.1 Å². The summed E-state index contributed by atoms with van der Waals surface area (Å²) in [6.45, 7) is 0.987. The number of azide groups is 1. The maximum Gasteiger partial charge on any atom is 0.351 e. The van der Waals surface area contributed by atoms with Crippen molar-refractivity contribution in [2.24, 2.45) is 10.8 Å². The number of carbonyl (C=O) groups excluding carboxylic acids is 3. The number of rotatable bonds is 15. The zero-order valence-electron chi connectivity index (χ0n) is 28.6. The van der Waals surface area contributed by atoms with Crippen LogP contribution in [0.5, 0.6) is 11.5 Å². The van der Waals surface area contributed by atoms with Crippen LogP contribution in [0.25, 0.3) is 10.4 Å². The fourth-order valence-corrected chi connectivity index (χ4v) is 5.99. The molecule has 3 aromatic carbocycles. The van der Waals surface area contributed by atoms with E-state index < -0.39 is 53.6 Å². The molecule has 16 heteroatoms. The Bertz CT molecular complexity index is 1930. The summed E-state index contributed by atoms with van der Waals surface area (Å²) in [5, 5.41) is 6.31. The fraction of sp³-hybridized carbons (Fsp3) is 0.306. The van der Waals surface area contributed by atoms with E-state index in [1.165, 1.54) is 19.2 Å². The number of hydrogen-bond acceptors (Lipinski definition) is 11. The lowest BCUT2D eigenvalue weighted by Crippen LogP contribution is -2.41. The normalized spacial score (nSPS) is 18.1. The molecular weight excluding hydrogens is 674 g/mol. The van der Waals surface area contributed by atoms with Gasteiger partial charge in [-0.1, -0.05) is 59.7 Å². The highest BCUT2D eigenvalue weighted by Gasteiger charge is 2.50. The Balaban J connectivity index is 1.61. The van der Waals surface area contributed by atoms with E-state index in [-0.39, 0.29) is 25.3 Å². The van der Waals surface area contributed by atoms with Crippen molar-refractivity contribution in [1.29, 1.82) is 0 Å². The van der Waals surface area contributed by atoms with Gasteiger partial charge in [0.1, 0.15) is 41.2 Å². The highest BCUT2D eigenvalue weighted by Crippen LogP contribution is 2.43. The van der Waals surface area contributed by atoms with Gasteiger partial charge in [0.15, 0.2) is 6.23 Å². The van der Waals surface area contributed by atoms with Gasteiger partial charge in [0, 0.05) is 24.5 Å². The van der Waals surface area contributed by atoms with Crippen molar-refractivity contribution >= 4 is 23.6 Å². The van der Waals surface area contributed by atoms with Crippen LogP contribution >= 0.6 is 0 Å². The zero-order chi connectivity index (χ0) is 37.3. The monoisotopic (exact) mass is 711 g/mol. The average molecular weight is 712 g/mol. The van der Waals surface area contributed by atoms with Gasteiger partial charge in [-0.3, -0.25) is 19.0 Å². The molecule has 1 aromatic heterocycles. The fourth-order valence-electron chi connectivity index (χ4n) is 5.99. The predicted octanol–water partition coefficient (Wildman–Crippen LogP) is 3.98. The first-order chi connectivity index (χ1) is 25.1. The largest absolute Gasteiger partial charge is 0.497 e. The number of benzene rings is 3. The predicted molar refractivity (Wildman–Crippen MR) is 186 cm³/mol. The van der Waals surface area contributed by atoms with Gasteiger partial charge < -0.3 is 34.7 Å². The van der Waals surface area contributed by atoms with Crippen LogP contribution in [0, 0.1) is 0 Å². The Morgan fingerprint density at radius 1 is 0.942 bits per heavy atom. The number of anilines is 1. The topological polar surface area (TPSA) is 219 Å². The summed E-state index contributed by atoms with van der Waals surface area (Å²) >= 11 is 0. The van der Waals surface area contributed by atoms with E-state index in [1.54, 1.807) is 38.5 Å². The Labute approximate surface area is 298 Å². The molecule has 5 rings (SSSR count). The van der Waals surface area contributed by atoms with Crippen molar-refractivity contribution in [1.82, 2.24) is 9.55 Å². The maximum absolute atomic E-state index is 13.2. The van der Waals surface area contributed by atoms with Crippen LogP contribution in [0.15, 0.2) is 101 Å².